The molecule has 0 radical (unpaired) electrons. The maximum absolute atomic E-state index is 13.2. The predicted molar refractivity (Wildman–Crippen MR) is 125 cm³/mol. The quantitative estimate of drug-likeness (QED) is 0.632. The number of hydrogen-bond acceptors (Lipinski definition) is 6. The Morgan fingerprint density at radius 1 is 0.939 bits per heavy atom. The van der Waals surface area contributed by atoms with Gasteiger partial charge in [0.25, 0.3) is 5.91 Å². The predicted octanol–water partition coefficient (Wildman–Crippen LogP) is 2.76. The zero-order chi connectivity index (χ0) is 24.2. The molecular weight excluding hydrogens is 466 g/mol. The van der Waals surface area contributed by atoms with Gasteiger partial charge in [-0.1, -0.05) is 18.9 Å². The molecule has 1 aliphatic heterocycles. The topological polar surface area (TPSA) is 113 Å². The van der Waals surface area contributed by atoms with Gasteiger partial charge in [0.05, 0.1) is 22.6 Å². The summed E-state index contributed by atoms with van der Waals surface area (Å²) in [4.78, 5) is 12.9. The molecule has 2 aromatic rings. The molecule has 0 atom stereocenters. The molecule has 1 N–H and O–H groups in total. The lowest BCUT2D eigenvalue weighted by molar-refractivity contribution is 0.102. The number of hydrogen-bond donors (Lipinski definition) is 1. The lowest BCUT2D eigenvalue weighted by atomic mass is 10.2. The van der Waals surface area contributed by atoms with Gasteiger partial charge >= 0.3 is 0 Å². The van der Waals surface area contributed by atoms with E-state index in [1.807, 2.05) is 0 Å². The zero-order valence-corrected chi connectivity index (χ0v) is 20.6. The van der Waals surface area contributed by atoms with Gasteiger partial charge in [0.1, 0.15) is 5.75 Å². The standard InChI is InChI=1S/C22H29N3O6S2/c1-24(2)32(27,28)18-10-8-9-17(15-18)22(26)23-20-16-19(11-12-21(20)31-3)33(29,30)25-13-6-4-5-7-14-25/h8-12,15-16H,4-7,13-14H2,1-3H3,(H,23,26). The van der Waals surface area contributed by atoms with E-state index in [-0.39, 0.29) is 26.8 Å². The van der Waals surface area contributed by atoms with Crippen molar-refractivity contribution in [2.24, 2.45) is 0 Å². The highest BCUT2D eigenvalue weighted by molar-refractivity contribution is 7.89. The molecule has 1 fully saturated rings. The van der Waals surface area contributed by atoms with Crippen molar-refractivity contribution in [1.82, 2.24) is 8.61 Å². The van der Waals surface area contributed by atoms with Crippen LogP contribution in [0.5, 0.6) is 5.75 Å². The molecule has 0 aliphatic carbocycles. The number of carbonyl (C=O) groups is 1. The van der Waals surface area contributed by atoms with Crippen LogP contribution in [0.25, 0.3) is 0 Å². The first kappa shape index (κ1) is 25.2. The van der Waals surface area contributed by atoms with E-state index in [1.54, 1.807) is 0 Å². The molecule has 0 spiro atoms. The Bertz CT molecular complexity index is 1220. The Balaban J connectivity index is 1.91. The summed E-state index contributed by atoms with van der Waals surface area (Å²) in [7, 11) is -3.22. The Hall–Kier alpha value is -2.47. The van der Waals surface area contributed by atoms with Gasteiger partial charge in [0, 0.05) is 32.7 Å². The van der Waals surface area contributed by atoms with Gasteiger partial charge in [-0.3, -0.25) is 4.79 Å². The first-order valence-corrected chi connectivity index (χ1v) is 13.5. The molecule has 0 bridgehead atoms. The normalized spacial score (nSPS) is 15.8. The molecule has 180 valence electrons. The summed E-state index contributed by atoms with van der Waals surface area (Å²) in [5.41, 5.74) is 0.292. The molecule has 1 aliphatic rings. The van der Waals surface area contributed by atoms with Crippen molar-refractivity contribution in [2.45, 2.75) is 35.5 Å². The number of amides is 1. The van der Waals surface area contributed by atoms with E-state index >= 15 is 0 Å². The van der Waals surface area contributed by atoms with Crippen LogP contribution in [0.15, 0.2) is 52.3 Å². The third-order valence-electron chi connectivity index (χ3n) is 5.50. The fourth-order valence-corrected chi connectivity index (χ4v) is 6.07. The molecule has 0 unspecified atom stereocenters. The monoisotopic (exact) mass is 495 g/mol. The van der Waals surface area contributed by atoms with Crippen molar-refractivity contribution in [3.63, 3.8) is 0 Å². The van der Waals surface area contributed by atoms with Crippen LogP contribution in [0, 0.1) is 0 Å². The zero-order valence-electron chi connectivity index (χ0n) is 18.9. The first-order valence-electron chi connectivity index (χ1n) is 10.6. The molecule has 2 aromatic carbocycles. The van der Waals surface area contributed by atoms with Crippen molar-refractivity contribution < 1.29 is 26.4 Å². The highest BCUT2D eigenvalue weighted by atomic mass is 32.2. The van der Waals surface area contributed by atoms with Gasteiger partial charge in [-0.05, 0) is 49.2 Å². The van der Waals surface area contributed by atoms with Gasteiger partial charge < -0.3 is 10.1 Å². The van der Waals surface area contributed by atoms with Crippen molar-refractivity contribution in [1.29, 1.82) is 0 Å². The lowest BCUT2D eigenvalue weighted by Gasteiger charge is -2.21. The van der Waals surface area contributed by atoms with E-state index in [2.05, 4.69) is 5.32 Å². The summed E-state index contributed by atoms with van der Waals surface area (Å²) in [6.07, 6.45) is 3.62. The van der Waals surface area contributed by atoms with Crippen LogP contribution >= 0.6 is 0 Å². The molecule has 11 heteroatoms. The number of benzene rings is 2. The van der Waals surface area contributed by atoms with E-state index in [0.29, 0.717) is 13.1 Å². The minimum Gasteiger partial charge on any atom is -0.495 e. The molecule has 0 saturated carbocycles. The molecule has 1 amide bonds. The summed E-state index contributed by atoms with van der Waals surface area (Å²) in [6, 6.07) is 9.96. The number of methoxy groups -OCH3 is 1. The fraction of sp³-hybridized carbons (Fsp3) is 0.409. The van der Waals surface area contributed by atoms with Crippen LogP contribution in [0.3, 0.4) is 0 Å². The number of nitrogens with zero attached hydrogens (tertiary/aromatic N) is 2. The smallest absolute Gasteiger partial charge is 0.255 e. The Labute approximate surface area is 195 Å². The maximum atomic E-state index is 13.2. The largest absolute Gasteiger partial charge is 0.495 e. The van der Waals surface area contributed by atoms with Crippen LogP contribution in [-0.4, -0.2) is 65.6 Å². The average Bonchev–Trinajstić information content (AvgIpc) is 3.09. The lowest BCUT2D eigenvalue weighted by Crippen LogP contribution is -2.32. The Kier molecular flexibility index (Phi) is 7.78. The summed E-state index contributed by atoms with van der Waals surface area (Å²) in [5.74, 6) is -0.302. The minimum atomic E-state index is -3.73. The third-order valence-corrected chi connectivity index (χ3v) is 9.20. The summed E-state index contributed by atoms with van der Waals surface area (Å²) >= 11 is 0. The molecule has 3 rings (SSSR count). The average molecular weight is 496 g/mol. The van der Waals surface area contributed by atoms with Gasteiger partial charge in [0.15, 0.2) is 0 Å². The van der Waals surface area contributed by atoms with E-state index < -0.39 is 26.0 Å². The highest BCUT2D eigenvalue weighted by Gasteiger charge is 2.26. The molecule has 0 aromatic heterocycles. The summed E-state index contributed by atoms with van der Waals surface area (Å²) in [5, 5.41) is 2.66. The van der Waals surface area contributed by atoms with Gasteiger partial charge in [-0.2, -0.15) is 4.31 Å². The molecule has 1 heterocycles. The van der Waals surface area contributed by atoms with Crippen LogP contribution in [0.2, 0.25) is 0 Å². The Morgan fingerprint density at radius 2 is 1.61 bits per heavy atom. The van der Waals surface area contributed by atoms with Crippen molar-refractivity contribution in [3.05, 3.63) is 48.0 Å². The molecular formula is C22H29N3O6S2. The number of carbonyl (C=O) groups excluding carboxylic acids is 1. The number of ether oxygens (including phenoxy) is 1. The van der Waals surface area contributed by atoms with Crippen LogP contribution < -0.4 is 10.1 Å². The molecule has 1 saturated heterocycles. The molecule has 9 nitrogen and oxygen atoms in total. The van der Waals surface area contributed by atoms with Crippen LogP contribution in [0.1, 0.15) is 36.0 Å². The van der Waals surface area contributed by atoms with E-state index in [9.17, 15) is 21.6 Å². The summed E-state index contributed by atoms with van der Waals surface area (Å²) in [6.45, 7) is 0.923. The van der Waals surface area contributed by atoms with Crippen molar-refractivity contribution >= 4 is 31.6 Å². The van der Waals surface area contributed by atoms with Gasteiger partial charge in [-0.25, -0.2) is 21.1 Å². The maximum Gasteiger partial charge on any atom is 0.255 e. The molecule has 33 heavy (non-hydrogen) atoms. The minimum absolute atomic E-state index is 0.0235. The highest BCUT2D eigenvalue weighted by Crippen LogP contribution is 2.30. The van der Waals surface area contributed by atoms with E-state index in [1.165, 1.54) is 68.0 Å². The van der Waals surface area contributed by atoms with Crippen LogP contribution in [-0.2, 0) is 20.0 Å². The first-order chi connectivity index (χ1) is 15.6. The second kappa shape index (κ2) is 10.2. The second-order valence-corrected chi connectivity index (χ2v) is 12.0. The van der Waals surface area contributed by atoms with Crippen molar-refractivity contribution in [3.8, 4) is 5.75 Å². The number of nitrogens with one attached hydrogen (secondary N) is 1. The Morgan fingerprint density at radius 3 is 2.21 bits per heavy atom. The van der Waals surface area contributed by atoms with E-state index in [4.69, 9.17) is 4.74 Å². The van der Waals surface area contributed by atoms with Crippen LogP contribution in [0.4, 0.5) is 5.69 Å². The van der Waals surface area contributed by atoms with Gasteiger partial charge in [-0.15, -0.1) is 0 Å². The summed E-state index contributed by atoms with van der Waals surface area (Å²) < 4.78 is 59.0. The second-order valence-electron chi connectivity index (χ2n) is 7.95. The number of rotatable bonds is 7. The van der Waals surface area contributed by atoms with Gasteiger partial charge in [0.2, 0.25) is 20.0 Å². The van der Waals surface area contributed by atoms with Crippen molar-refractivity contribution in [2.75, 3.05) is 39.6 Å². The SMILES string of the molecule is COc1ccc(S(=O)(=O)N2CCCCCC2)cc1NC(=O)c1cccc(S(=O)(=O)N(C)C)c1. The third kappa shape index (κ3) is 5.55. The number of anilines is 1. The van der Waals surface area contributed by atoms with E-state index in [0.717, 1.165) is 30.0 Å². The number of sulfonamides is 2. The fourth-order valence-electron chi connectivity index (χ4n) is 3.58.